The molecule has 5 heteroatoms. The molecule has 2 bridgehead atoms. The number of phenols is 1. The highest BCUT2D eigenvalue weighted by atomic mass is 16.3. The normalized spacial score (nSPS) is 26.1. The molecule has 0 unspecified atom stereocenters. The van der Waals surface area contributed by atoms with Gasteiger partial charge in [0, 0.05) is 11.8 Å². The largest absolute Gasteiger partial charge is 0.508 e. The van der Waals surface area contributed by atoms with Crippen LogP contribution in [-0.4, -0.2) is 28.1 Å². The molecule has 0 spiro atoms. The van der Waals surface area contributed by atoms with Crippen molar-refractivity contribution in [2.24, 2.45) is 16.9 Å². The first kappa shape index (κ1) is 17.2. The van der Waals surface area contributed by atoms with Gasteiger partial charge in [-0.25, -0.2) is 0 Å². The molecule has 1 fully saturated rings. The van der Waals surface area contributed by atoms with Gasteiger partial charge in [0.15, 0.2) is 0 Å². The van der Waals surface area contributed by atoms with Gasteiger partial charge in [0.2, 0.25) is 0 Å². The van der Waals surface area contributed by atoms with Gasteiger partial charge in [0.1, 0.15) is 5.75 Å². The van der Waals surface area contributed by atoms with Crippen LogP contribution in [-0.2, 0) is 9.59 Å². The number of nitrogens with zero attached hydrogens (tertiary/aromatic N) is 2. The molecule has 1 saturated heterocycles. The van der Waals surface area contributed by atoms with E-state index in [1.165, 1.54) is 12.3 Å². The fourth-order valence-electron chi connectivity index (χ4n) is 5.50. The summed E-state index contributed by atoms with van der Waals surface area (Å²) in [5.41, 5.74) is 5.19. The third-order valence-corrected chi connectivity index (χ3v) is 6.62. The molecule has 3 aromatic rings. The number of carbonyl (C=O) groups excluding carboxylic acids is 2. The second-order valence-electron chi connectivity index (χ2n) is 8.09. The third kappa shape index (κ3) is 2.20. The Hall–Kier alpha value is -3.73. The molecule has 4 aliphatic rings. The fourth-order valence-corrected chi connectivity index (χ4v) is 5.50. The van der Waals surface area contributed by atoms with E-state index in [9.17, 15) is 14.7 Å². The van der Waals surface area contributed by atoms with Crippen LogP contribution in [0.3, 0.4) is 0 Å². The van der Waals surface area contributed by atoms with E-state index in [0.29, 0.717) is 5.56 Å². The highest BCUT2D eigenvalue weighted by molar-refractivity contribution is 6.08. The number of benzene rings is 3. The molecule has 1 heterocycles. The number of amides is 2. The molecule has 0 aromatic heterocycles. The second-order valence-corrected chi connectivity index (χ2v) is 8.09. The van der Waals surface area contributed by atoms with Gasteiger partial charge in [0.25, 0.3) is 11.8 Å². The lowest BCUT2D eigenvalue weighted by molar-refractivity contribution is -0.139. The quantitative estimate of drug-likeness (QED) is 0.533. The van der Waals surface area contributed by atoms with Crippen molar-refractivity contribution in [3.8, 4) is 5.75 Å². The van der Waals surface area contributed by atoms with Crippen LogP contribution in [0, 0.1) is 11.8 Å². The molecule has 30 heavy (non-hydrogen) atoms. The average Bonchev–Trinajstić information content (AvgIpc) is 3.03. The van der Waals surface area contributed by atoms with Gasteiger partial charge in [-0.15, -0.1) is 0 Å². The zero-order valence-electron chi connectivity index (χ0n) is 16.0. The highest BCUT2D eigenvalue weighted by Gasteiger charge is 2.61. The maximum Gasteiger partial charge on any atom is 0.254 e. The van der Waals surface area contributed by atoms with Gasteiger partial charge in [-0.3, -0.25) is 9.59 Å². The summed E-state index contributed by atoms with van der Waals surface area (Å²) in [6.45, 7) is 0. The minimum atomic E-state index is -0.436. The number of hydrazone groups is 1. The molecule has 7 rings (SSSR count). The van der Waals surface area contributed by atoms with E-state index in [-0.39, 0.29) is 29.4 Å². The van der Waals surface area contributed by atoms with Crippen LogP contribution in [0.1, 0.15) is 39.7 Å². The SMILES string of the molecule is O=C1[C@H]2C3c4ccccc4C(c4ccccc43)[C@@H]2C(=O)N1/N=C\c1cccc(O)c1. The monoisotopic (exact) mass is 394 g/mol. The molecular weight excluding hydrogens is 376 g/mol. The van der Waals surface area contributed by atoms with Gasteiger partial charge in [-0.2, -0.15) is 10.1 Å². The van der Waals surface area contributed by atoms with Gasteiger partial charge < -0.3 is 5.11 Å². The van der Waals surface area contributed by atoms with Crippen LogP contribution in [0.25, 0.3) is 0 Å². The minimum absolute atomic E-state index is 0.107. The number of imide groups is 1. The minimum Gasteiger partial charge on any atom is -0.508 e. The maximum atomic E-state index is 13.4. The first-order valence-corrected chi connectivity index (χ1v) is 10.0. The Balaban J connectivity index is 1.46. The van der Waals surface area contributed by atoms with Crippen molar-refractivity contribution in [3.05, 3.63) is 101 Å². The second kappa shape index (κ2) is 6.13. The van der Waals surface area contributed by atoms with Crippen molar-refractivity contribution in [1.82, 2.24) is 5.01 Å². The summed E-state index contributed by atoms with van der Waals surface area (Å²) < 4.78 is 0. The van der Waals surface area contributed by atoms with E-state index in [4.69, 9.17) is 0 Å². The van der Waals surface area contributed by atoms with Crippen molar-refractivity contribution in [2.45, 2.75) is 11.8 Å². The predicted octanol–water partition coefficient (Wildman–Crippen LogP) is 3.62. The standard InChI is InChI=1S/C25H18N2O3/c28-15-7-5-6-14(12-15)13-26-27-24(29)22-20-16-8-1-2-9-17(16)21(23(22)25(27)30)19-11-4-3-10-18(19)20/h1-13,20-23,28H/b26-13-/t20?,21?,22-,23-/m0/s1. The molecule has 5 nitrogen and oxygen atoms in total. The third-order valence-electron chi connectivity index (χ3n) is 6.62. The van der Waals surface area contributed by atoms with Gasteiger partial charge in [-0.1, -0.05) is 60.7 Å². The van der Waals surface area contributed by atoms with E-state index >= 15 is 0 Å². The molecule has 2 amide bonds. The summed E-state index contributed by atoms with van der Waals surface area (Å²) in [5, 5.41) is 14.9. The number of rotatable bonds is 2. The van der Waals surface area contributed by atoms with Crippen LogP contribution in [0.5, 0.6) is 5.75 Å². The average molecular weight is 394 g/mol. The van der Waals surface area contributed by atoms with Crippen LogP contribution in [0.2, 0.25) is 0 Å². The van der Waals surface area contributed by atoms with Crippen molar-refractivity contribution in [1.29, 1.82) is 0 Å². The molecule has 2 atom stereocenters. The fraction of sp³-hybridized carbons (Fsp3) is 0.160. The lowest BCUT2D eigenvalue weighted by Crippen LogP contribution is -2.41. The summed E-state index contributed by atoms with van der Waals surface area (Å²) in [4.78, 5) is 26.8. The Labute approximate surface area is 173 Å². The molecule has 1 N–H and O–H groups in total. The van der Waals surface area contributed by atoms with Crippen LogP contribution in [0.15, 0.2) is 77.9 Å². The summed E-state index contributed by atoms with van der Waals surface area (Å²) in [7, 11) is 0. The van der Waals surface area contributed by atoms with Crippen molar-refractivity contribution < 1.29 is 14.7 Å². The number of phenolic OH excluding ortho intramolecular Hbond substituents is 1. The van der Waals surface area contributed by atoms with Gasteiger partial charge in [0.05, 0.1) is 18.1 Å². The lowest BCUT2D eigenvalue weighted by atomic mass is 9.55. The molecule has 146 valence electrons. The van der Waals surface area contributed by atoms with E-state index in [1.807, 2.05) is 24.3 Å². The predicted molar refractivity (Wildman–Crippen MR) is 111 cm³/mol. The van der Waals surface area contributed by atoms with Gasteiger partial charge >= 0.3 is 0 Å². The summed E-state index contributed by atoms with van der Waals surface area (Å²) >= 11 is 0. The maximum absolute atomic E-state index is 13.4. The van der Waals surface area contributed by atoms with E-state index in [1.54, 1.807) is 18.2 Å². The van der Waals surface area contributed by atoms with Crippen LogP contribution < -0.4 is 0 Å². The Bertz CT molecular complexity index is 1130. The Morgan fingerprint density at radius 2 is 1.23 bits per heavy atom. The zero-order chi connectivity index (χ0) is 20.4. The van der Waals surface area contributed by atoms with Crippen molar-refractivity contribution >= 4 is 18.0 Å². The van der Waals surface area contributed by atoms with Crippen LogP contribution >= 0.6 is 0 Å². The number of aromatic hydroxyl groups is 1. The highest BCUT2D eigenvalue weighted by Crippen LogP contribution is 2.60. The molecular formula is C25H18N2O3. The first-order valence-electron chi connectivity index (χ1n) is 10.0. The van der Waals surface area contributed by atoms with Crippen molar-refractivity contribution in [2.75, 3.05) is 0 Å². The number of carbonyl (C=O) groups is 2. The Morgan fingerprint density at radius 1 is 0.733 bits per heavy atom. The molecule has 3 aromatic carbocycles. The van der Waals surface area contributed by atoms with Crippen LogP contribution in [0.4, 0.5) is 0 Å². The summed E-state index contributed by atoms with van der Waals surface area (Å²) in [6.07, 6.45) is 1.45. The van der Waals surface area contributed by atoms with E-state index in [2.05, 4.69) is 29.4 Å². The summed E-state index contributed by atoms with van der Waals surface area (Å²) in [5.74, 6) is -1.53. The summed E-state index contributed by atoms with van der Waals surface area (Å²) in [6, 6.07) is 22.9. The molecule has 0 saturated carbocycles. The molecule has 1 aliphatic heterocycles. The lowest BCUT2D eigenvalue weighted by Gasteiger charge is -2.45. The van der Waals surface area contributed by atoms with E-state index in [0.717, 1.165) is 27.3 Å². The molecule has 3 aliphatic carbocycles. The molecule has 0 radical (unpaired) electrons. The van der Waals surface area contributed by atoms with Gasteiger partial charge in [-0.05, 0) is 39.9 Å². The topological polar surface area (TPSA) is 70.0 Å². The van der Waals surface area contributed by atoms with E-state index < -0.39 is 11.8 Å². The number of hydrogen-bond acceptors (Lipinski definition) is 4. The first-order chi connectivity index (χ1) is 14.6. The number of hydrogen-bond donors (Lipinski definition) is 1. The Morgan fingerprint density at radius 3 is 1.70 bits per heavy atom. The van der Waals surface area contributed by atoms with Crippen molar-refractivity contribution in [3.63, 3.8) is 0 Å². The smallest absolute Gasteiger partial charge is 0.254 e. The zero-order valence-corrected chi connectivity index (χ0v) is 16.0. The Kier molecular flexibility index (Phi) is 3.51.